The van der Waals surface area contributed by atoms with Gasteiger partial charge in [-0.15, -0.1) is 0 Å². The summed E-state index contributed by atoms with van der Waals surface area (Å²) in [6, 6.07) is 4.24. The van der Waals surface area contributed by atoms with Crippen molar-refractivity contribution in [3.63, 3.8) is 0 Å². The van der Waals surface area contributed by atoms with Gasteiger partial charge in [-0.25, -0.2) is 8.78 Å². The molecule has 4 heteroatoms. The lowest BCUT2D eigenvalue weighted by Crippen LogP contribution is -2.32. The normalized spacial score (nSPS) is 11.8. The fourth-order valence-corrected chi connectivity index (χ4v) is 2.54. The smallest absolute Gasteiger partial charge is 0.190 e. The minimum atomic E-state index is -1.83. The SMILES string of the molecule is CO[Si](C)(C)Cc1ccc(F)cc1F. The van der Waals surface area contributed by atoms with Crippen LogP contribution in [0.1, 0.15) is 5.56 Å². The predicted octanol–water partition coefficient (Wildman–Crippen LogP) is 2.90. The Bertz CT molecular complexity index is 326. The lowest BCUT2D eigenvalue weighted by molar-refractivity contribution is 0.402. The topological polar surface area (TPSA) is 9.23 Å². The van der Waals surface area contributed by atoms with Gasteiger partial charge in [0.25, 0.3) is 0 Å². The number of hydrogen-bond donors (Lipinski definition) is 0. The molecule has 0 amide bonds. The van der Waals surface area contributed by atoms with Gasteiger partial charge in [0.15, 0.2) is 8.32 Å². The first-order chi connectivity index (χ1) is 6.44. The third-order valence-electron chi connectivity index (χ3n) is 2.18. The summed E-state index contributed by atoms with van der Waals surface area (Å²) in [5, 5.41) is 0. The van der Waals surface area contributed by atoms with E-state index in [1.54, 1.807) is 7.11 Å². The molecule has 1 nitrogen and oxygen atoms in total. The molecular weight excluding hydrogens is 202 g/mol. The lowest BCUT2D eigenvalue weighted by Gasteiger charge is -2.20. The van der Waals surface area contributed by atoms with E-state index in [4.69, 9.17) is 4.43 Å². The van der Waals surface area contributed by atoms with E-state index < -0.39 is 20.0 Å². The molecule has 0 radical (unpaired) electrons. The third kappa shape index (κ3) is 2.89. The molecule has 1 aromatic rings. The second-order valence-corrected chi connectivity index (χ2v) is 8.16. The van der Waals surface area contributed by atoms with E-state index in [-0.39, 0.29) is 0 Å². The molecule has 0 unspecified atom stereocenters. The second kappa shape index (κ2) is 4.19. The molecule has 0 heterocycles. The molecule has 0 saturated heterocycles. The highest BCUT2D eigenvalue weighted by atomic mass is 28.4. The van der Waals surface area contributed by atoms with Gasteiger partial charge >= 0.3 is 0 Å². The van der Waals surface area contributed by atoms with Gasteiger partial charge in [-0.05, 0) is 30.8 Å². The highest BCUT2D eigenvalue weighted by Crippen LogP contribution is 2.16. The Hall–Kier alpha value is -0.743. The van der Waals surface area contributed by atoms with E-state index in [2.05, 4.69) is 0 Å². The van der Waals surface area contributed by atoms with Crippen LogP contribution in [0.4, 0.5) is 8.78 Å². The summed E-state index contributed by atoms with van der Waals surface area (Å²) >= 11 is 0. The number of benzene rings is 1. The van der Waals surface area contributed by atoms with E-state index >= 15 is 0 Å². The molecule has 14 heavy (non-hydrogen) atoms. The zero-order valence-electron chi connectivity index (χ0n) is 8.60. The summed E-state index contributed by atoms with van der Waals surface area (Å²) in [6.45, 7) is 3.99. The van der Waals surface area contributed by atoms with E-state index in [1.165, 1.54) is 12.1 Å². The maximum absolute atomic E-state index is 13.2. The predicted molar refractivity (Wildman–Crippen MR) is 54.6 cm³/mol. The Balaban J connectivity index is 2.87. The van der Waals surface area contributed by atoms with Gasteiger partial charge in [0, 0.05) is 13.2 Å². The molecule has 0 aliphatic carbocycles. The zero-order valence-corrected chi connectivity index (χ0v) is 9.60. The first-order valence-electron chi connectivity index (χ1n) is 4.44. The third-order valence-corrected chi connectivity index (χ3v) is 4.52. The molecular formula is C10H14F2OSi. The largest absolute Gasteiger partial charge is 0.420 e. The van der Waals surface area contributed by atoms with E-state index in [1.807, 2.05) is 13.1 Å². The quantitative estimate of drug-likeness (QED) is 0.706. The van der Waals surface area contributed by atoms with Crippen molar-refractivity contribution in [1.29, 1.82) is 0 Å². The molecule has 1 aromatic carbocycles. The monoisotopic (exact) mass is 216 g/mol. The average Bonchev–Trinajstić information content (AvgIpc) is 2.10. The number of halogens is 2. The fraction of sp³-hybridized carbons (Fsp3) is 0.400. The molecule has 0 atom stereocenters. The molecule has 78 valence electrons. The van der Waals surface area contributed by atoms with Gasteiger partial charge in [0.1, 0.15) is 11.6 Å². The van der Waals surface area contributed by atoms with Gasteiger partial charge in [-0.1, -0.05) is 6.07 Å². The average molecular weight is 216 g/mol. The standard InChI is InChI=1S/C10H14F2OSi/c1-13-14(2,3)7-8-4-5-9(11)6-10(8)12/h4-6H,7H2,1-3H3. The molecule has 0 aliphatic heterocycles. The lowest BCUT2D eigenvalue weighted by atomic mass is 10.2. The molecule has 0 spiro atoms. The minimum absolute atomic E-state index is 0.484. The van der Waals surface area contributed by atoms with Gasteiger partial charge in [0.2, 0.25) is 0 Å². The van der Waals surface area contributed by atoms with Crippen LogP contribution in [0.5, 0.6) is 0 Å². The van der Waals surface area contributed by atoms with Crippen LogP contribution >= 0.6 is 0 Å². The molecule has 0 N–H and O–H groups in total. The molecule has 0 bridgehead atoms. The molecule has 0 fully saturated rings. The van der Waals surface area contributed by atoms with Crippen LogP contribution in [0.3, 0.4) is 0 Å². The van der Waals surface area contributed by atoms with Crippen molar-refractivity contribution >= 4 is 8.32 Å². The Morgan fingerprint density at radius 1 is 1.29 bits per heavy atom. The van der Waals surface area contributed by atoms with E-state index in [9.17, 15) is 8.78 Å². The first kappa shape index (κ1) is 11.3. The maximum atomic E-state index is 13.2. The van der Waals surface area contributed by atoms with Crippen molar-refractivity contribution in [1.82, 2.24) is 0 Å². The maximum Gasteiger partial charge on any atom is 0.190 e. The van der Waals surface area contributed by atoms with E-state index in [0.717, 1.165) is 6.07 Å². The first-order valence-corrected chi connectivity index (χ1v) is 7.55. The summed E-state index contributed by atoms with van der Waals surface area (Å²) in [4.78, 5) is 0. The summed E-state index contributed by atoms with van der Waals surface area (Å²) < 4.78 is 31.2. The molecule has 0 saturated carbocycles. The summed E-state index contributed by atoms with van der Waals surface area (Å²) in [6.07, 6.45) is 0. The van der Waals surface area contributed by atoms with Crippen molar-refractivity contribution in [3.8, 4) is 0 Å². The van der Waals surface area contributed by atoms with Gasteiger partial charge in [0.05, 0.1) is 0 Å². The van der Waals surface area contributed by atoms with Gasteiger partial charge in [-0.2, -0.15) is 0 Å². The van der Waals surface area contributed by atoms with Gasteiger partial charge < -0.3 is 4.43 Å². The Morgan fingerprint density at radius 2 is 1.93 bits per heavy atom. The van der Waals surface area contributed by atoms with Crippen LogP contribution in [0, 0.1) is 11.6 Å². The minimum Gasteiger partial charge on any atom is -0.420 e. The summed E-state index contributed by atoms with van der Waals surface area (Å²) in [7, 11) is -0.197. The Labute approximate surface area is 83.8 Å². The molecule has 1 rings (SSSR count). The highest BCUT2D eigenvalue weighted by molar-refractivity contribution is 6.70. The summed E-state index contributed by atoms with van der Waals surface area (Å²) in [5.41, 5.74) is 0.532. The van der Waals surface area contributed by atoms with Crippen molar-refractivity contribution in [2.24, 2.45) is 0 Å². The number of rotatable bonds is 3. The van der Waals surface area contributed by atoms with Crippen LogP contribution in [-0.2, 0) is 10.5 Å². The van der Waals surface area contributed by atoms with Crippen molar-refractivity contribution in [2.75, 3.05) is 7.11 Å². The fourth-order valence-electron chi connectivity index (χ4n) is 1.20. The zero-order chi connectivity index (χ0) is 10.8. The van der Waals surface area contributed by atoms with Crippen LogP contribution < -0.4 is 0 Å². The van der Waals surface area contributed by atoms with Crippen LogP contribution in [-0.4, -0.2) is 15.4 Å². The van der Waals surface area contributed by atoms with Crippen LogP contribution in [0.2, 0.25) is 13.1 Å². The number of hydrogen-bond acceptors (Lipinski definition) is 1. The molecule has 0 aliphatic rings. The van der Waals surface area contributed by atoms with Crippen LogP contribution in [0.15, 0.2) is 18.2 Å². The van der Waals surface area contributed by atoms with Crippen molar-refractivity contribution in [3.05, 3.63) is 35.4 Å². The molecule has 0 aromatic heterocycles. The van der Waals surface area contributed by atoms with Crippen molar-refractivity contribution in [2.45, 2.75) is 19.1 Å². The van der Waals surface area contributed by atoms with E-state index in [0.29, 0.717) is 11.6 Å². The van der Waals surface area contributed by atoms with Crippen LogP contribution in [0.25, 0.3) is 0 Å². The Morgan fingerprint density at radius 3 is 2.43 bits per heavy atom. The van der Waals surface area contributed by atoms with Gasteiger partial charge in [-0.3, -0.25) is 0 Å². The Kier molecular flexibility index (Phi) is 3.39. The second-order valence-electron chi connectivity index (χ2n) is 3.88. The highest BCUT2D eigenvalue weighted by Gasteiger charge is 2.22. The van der Waals surface area contributed by atoms with Crippen molar-refractivity contribution < 1.29 is 13.2 Å². The summed E-state index contributed by atoms with van der Waals surface area (Å²) in [5.74, 6) is -1.02.